The summed E-state index contributed by atoms with van der Waals surface area (Å²) in [6.45, 7) is 0. The largest absolute Gasteiger partial charge is 0.456 e. The van der Waals surface area contributed by atoms with Crippen LogP contribution in [0.4, 0.5) is 34.1 Å². The number of fused-ring (bicyclic) bond motifs is 11. The quantitative estimate of drug-likeness (QED) is 0.152. The highest BCUT2D eigenvalue weighted by Gasteiger charge is 2.23. The summed E-state index contributed by atoms with van der Waals surface area (Å²) in [6, 6.07) is 90.4. The second kappa shape index (κ2) is 16.4. The summed E-state index contributed by atoms with van der Waals surface area (Å²) in [5, 5.41) is 10.9. The number of hydrogen-bond donors (Lipinski definition) is 0. The summed E-state index contributed by atoms with van der Waals surface area (Å²) in [5.74, 6) is 0. The molecule has 0 aliphatic rings. The highest BCUT2D eigenvalue weighted by molar-refractivity contribution is 6.16. The third kappa shape index (κ3) is 6.78. The first-order valence-corrected chi connectivity index (χ1v) is 24.7. The average Bonchev–Trinajstić information content (AvgIpc) is 4.15. The SMILES string of the molecule is c1ccc(-c2ccc(N(c3ccc4cc5oc6cc7ccc(N(c8ccc(-c9ccccc9)cc8)c8cccc9c8oc8ccccc89)cc7cc6c5cc4c3)c3cccc4c3oc3ccccc34)cc2)cc1. The minimum atomic E-state index is 0.843. The van der Waals surface area contributed by atoms with E-state index in [0.717, 1.165) is 133 Å². The molecule has 0 amide bonds. The van der Waals surface area contributed by atoms with Gasteiger partial charge in [0.05, 0.1) is 11.4 Å². The van der Waals surface area contributed by atoms with E-state index in [9.17, 15) is 0 Å². The van der Waals surface area contributed by atoms with Crippen molar-refractivity contribution in [1.82, 2.24) is 0 Å². The maximum atomic E-state index is 6.71. The van der Waals surface area contributed by atoms with E-state index in [1.807, 2.05) is 24.3 Å². The first-order chi connectivity index (χ1) is 36.1. The lowest BCUT2D eigenvalue weighted by Crippen LogP contribution is -2.10. The Bertz CT molecular complexity index is 4310. The van der Waals surface area contributed by atoms with Gasteiger partial charge in [-0.3, -0.25) is 0 Å². The predicted molar refractivity (Wildman–Crippen MR) is 304 cm³/mol. The molecule has 12 aromatic carbocycles. The van der Waals surface area contributed by atoms with Gasteiger partial charge in [0, 0.05) is 55.1 Å². The second-order valence-electron chi connectivity index (χ2n) is 18.9. The molecule has 0 radical (unpaired) electrons. The maximum absolute atomic E-state index is 6.71. The van der Waals surface area contributed by atoms with Crippen molar-refractivity contribution in [2.24, 2.45) is 0 Å². The Kier molecular flexibility index (Phi) is 9.19. The minimum Gasteiger partial charge on any atom is -0.456 e. The van der Waals surface area contributed by atoms with E-state index in [1.165, 1.54) is 11.1 Å². The van der Waals surface area contributed by atoms with Gasteiger partial charge >= 0.3 is 0 Å². The number of rotatable bonds is 8. The van der Waals surface area contributed by atoms with Crippen molar-refractivity contribution >= 4 is 121 Å². The molecular formula is C68H42N2O3. The molecule has 0 aliphatic heterocycles. The normalized spacial score (nSPS) is 11.8. The van der Waals surface area contributed by atoms with Crippen LogP contribution in [0.1, 0.15) is 0 Å². The van der Waals surface area contributed by atoms with E-state index in [0.29, 0.717) is 0 Å². The zero-order chi connectivity index (χ0) is 48.0. The first-order valence-electron chi connectivity index (χ1n) is 24.7. The first kappa shape index (κ1) is 41.0. The number of anilines is 6. The molecule has 5 heteroatoms. The van der Waals surface area contributed by atoms with Gasteiger partial charge in [-0.05, 0) is 141 Å². The Hall–Kier alpha value is -9.84. The maximum Gasteiger partial charge on any atom is 0.159 e. The lowest BCUT2D eigenvalue weighted by Gasteiger charge is -2.26. The van der Waals surface area contributed by atoms with Crippen molar-refractivity contribution < 1.29 is 13.3 Å². The third-order valence-corrected chi connectivity index (χ3v) is 14.6. The molecule has 0 saturated heterocycles. The second-order valence-corrected chi connectivity index (χ2v) is 18.9. The minimum absolute atomic E-state index is 0.843. The molecule has 3 aromatic heterocycles. The van der Waals surface area contributed by atoms with Crippen LogP contribution in [0.2, 0.25) is 0 Å². The van der Waals surface area contributed by atoms with Crippen molar-refractivity contribution in [2.45, 2.75) is 0 Å². The van der Waals surface area contributed by atoms with Crippen LogP contribution in [0.15, 0.2) is 268 Å². The molecule has 73 heavy (non-hydrogen) atoms. The van der Waals surface area contributed by atoms with Gasteiger partial charge in [-0.1, -0.05) is 158 Å². The standard InChI is InChI=1S/C68H42N2O3/c1-3-13-43(14-4-1)45-25-31-51(32-26-45)69(61-21-11-19-57-55-17-7-9-23-63(55)72-67(57)61)53-35-29-47-41-65-59(39-49(47)37-53)60-40-50-38-54(36-30-48(50)42-66(60)71-65)70(52-33-27-46(28-34-52)44-15-5-2-6-16-44)62-22-12-20-58-56-18-8-10-24-64(56)73-68(58)62/h1-42H. The van der Waals surface area contributed by atoms with Gasteiger partial charge in [0.1, 0.15) is 22.3 Å². The van der Waals surface area contributed by atoms with E-state index in [1.54, 1.807) is 0 Å². The van der Waals surface area contributed by atoms with Crippen LogP contribution in [-0.2, 0) is 0 Å². The monoisotopic (exact) mass is 934 g/mol. The molecule has 15 rings (SSSR count). The van der Waals surface area contributed by atoms with E-state index >= 15 is 0 Å². The Morgan fingerprint density at radius 3 is 1.05 bits per heavy atom. The van der Waals surface area contributed by atoms with Crippen LogP contribution in [0.25, 0.3) is 110 Å². The molecule has 5 nitrogen and oxygen atoms in total. The number of benzene rings is 12. The zero-order valence-corrected chi connectivity index (χ0v) is 39.4. The van der Waals surface area contributed by atoms with Crippen LogP contribution < -0.4 is 9.80 Å². The summed E-state index contributed by atoms with van der Waals surface area (Å²) < 4.78 is 20.1. The Labute approximate surface area is 419 Å². The van der Waals surface area contributed by atoms with E-state index in [4.69, 9.17) is 13.3 Å². The summed E-state index contributed by atoms with van der Waals surface area (Å²) >= 11 is 0. The lowest BCUT2D eigenvalue weighted by atomic mass is 10.0. The van der Waals surface area contributed by atoms with Crippen LogP contribution in [0.5, 0.6) is 0 Å². The van der Waals surface area contributed by atoms with Crippen LogP contribution in [-0.4, -0.2) is 0 Å². The molecule has 0 spiro atoms. The zero-order valence-electron chi connectivity index (χ0n) is 39.4. The third-order valence-electron chi connectivity index (χ3n) is 14.6. The molecular weight excluding hydrogens is 893 g/mol. The van der Waals surface area contributed by atoms with Gasteiger partial charge in [0.25, 0.3) is 0 Å². The topological polar surface area (TPSA) is 45.9 Å². The molecule has 0 bridgehead atoms. The Morgan fingerprint density at radius 1 is 0.219 bits per heavy atom. The number of para-hydroxylation sites is 4. The fourth-order valence-corrected chi connectivity index (χ4v) is 11.1. The van der Waals surface area contributed by atoms with Crippen LogP contribution in [0, 0.1) is 0 Å². The average molecular weight is 935 g/mol. The molecule has 15 aromatic rings. The summed E-state index contributed by atoms with van der Waals surface area (Å²) in [6.07, 6.45) is 0. The van der Waals surface area contributed by atoms with Gasteiger partial charge < -0.3 is 23.1 Å². The Morgan fingerprint density at radius 2 is 0.603 bits per heavy atom. The van der Waals surface area contributed by atoms with E-state index < -0.39 is 0 Å². The van der Waals surface area contributed by atoms with E-state index in [2.05, 4.69) is 240 Å². The Balaban J connectivity index is 0.874. The van der Waals surface area contributed by atoms with Gasteiger partial charge in [-0.2, -0.15) is 0 Å². The molecule has 0 fully saturated rings. The number of hydrogen-bond acceptors (Lipinski definition) is 5. The molecule has 0 unspecified atom stereocenters. The molecule has 0 saturated carbocycles. The summed E-state index contributed by atoms with van der Waals surface area (Å²) in [4.78, 5) is 4.64. The molecule has 342 valence electrons. The molecule has 0 aliphatic carbocycles. The predicted octanol–water partition coefficient (Wildman–Crippen LogP) is 20.0. The van der Waals surface area contributed by atoms with Crippen LogP contribution >= 0.6 is 0 Å². The fraction of sp³-hybridized carbons (Fsp3) is 0. The van der Waals surface area contributed by atoms with Crippen molar-refractivity contribution in [2.75, 3.05) is 9.80 Å². The van der Waals surface area contributed by atoms with Crippen molar-refractivity contribution in [3.05, 3.63) is 255 Å². The molecule has 0 N–H and O–H groups in total. The van der Waals surface area contributed by atoms with Crippen molar-refractivity contribution in [3.63, 3.8) is 0 Å². The van der Waals surface area contributed by atoms with Crippen molar-refractivity contribution in [3.8, 4) is 22.3 Å². The summed E-state index contributed by atoms with van der Waals surface area (Å²) in [7, 11) is 0. The highest BCUT2D eigenvalue weighted by Crippen LogP contribution is 2.46. The van der Waals surface area contributed by atoms with Gasteiger partial charge in [0.2, 0.25) is 0 Å². The summed E-state index contributed by atoms with van der Waals surface area (Å²) in [5.41, 5.74) is 15.8. The fourth-order valence-electron chi connectivity index (χ4n) is 11.1. The smallest absolute Gasteiger partial charge is 0.159 e. The van der Waals surface area contributed by atoms with Crippen molar-refractivity contribution in [1.29, 1.82) is 0 Å². The number of nitrogens with zero attached hydrogens (tertiary/aromatic N) is 2. The van der Waals surface area contributed by atoms with Gasteiger partial charge in [-0.25, -0.2) is 0 Å². The van der Waals surface area contributed by atoms with Gasteiger partial charge in [0.15, 0.2) is 11.2 Å². The van der Waals surface area contributed by atoms with E-state index in [-0.39, 0.29) is 0 Å². The number of furan rings is 3. The lowest BCUT2D eigenvalue weighted by molar-refractivity contribution is 0.668. The van der Waals surface area contributed by atoms with Crippen LogP contribution in [0.3, 0.4) is 0 Å². The molecule has 3 heterocycles. The highest BCUT2D eigenvalue weighted by atomic mass is 16.3. The van der Waals surface area contributed by atoms with Gasteiger partial charge in [-0.15, -0.1) is 0 Å². The molecule has 0 atom stereocenters.